The van der Waals surface area contributed by atoms with Crippen LogP contribution in [0.5, 0.6) is 11.5 Å². The van der Waals surface area contributed by atoms with Gasteiger partial charge in [0.15, 0.2) is 11.5 Å². The van der Waals surface area contributed by atoms with E-state index < -0.39 is 10.0 Å². The van der Waals surface area contributed by atoms with Crippen LogP contribution in [0, 0.1) is 0 Å². The van der Waals surface area contributed by atoms with Gasteiger partial charge in [-0.1, -0.05) is 6.07 Å². The molecule has 1 heterocycles. The lowest BCUT2D eigenvalue weighted by Crippen LogP contribution is -2.27. The third kappa shape index (κ3) is 3.27. The lowest BCUT2D eigenvalue weighted by molar-refractivity contribution is 0.403. The molecule has 0 unspecified atom stereocenters. The first-order chi connectivity index (χ1) is 11.5. The van der Waals surface area contributed by atoms with E-state index in [4.69, 9.17) is 0 Å². The molecule has 0 saturated carbocycles. The number of hydrogen-bond donors (Lipinski definition) is 2. The third-order valence-corrected chi connectivity index (χ3v) is 5.85. The summed E-state index contributed by atoms with van der Waals surface area (Å²) in [6, 6.07) is 10.9. The second kappa shape index (κ2) is 6.62. The van der Waals surface area contributed by atoms with Crippen molar-refractivity contribution in [3.63, 3.8) is 0 Å². The SMILES string of the molecule is O=S(=O)(c1ccc(N=Cc2cccc(O)c2O)cc1)N1CCCC1. The summed E-state index contributed by atoms with van der Waals surface area (Å²) >= 11 is 0. The number of phenols is 2. The van der Waals surface area contributed by atoms with Crippen LogP contribution in [0.3, 0.4) is 0 Å². The smallest absolute Gasteiger partial charge is 0.243 e. The van der Waals surface area contributed by atoms with Crippen molar-refractivity contribution in [2.45, 2.75) is 17.7 Å². The number of aromatic hydroxyl groups is 2. The predicted octanol–water partition coefficient (Wildman–Crippen LogP) is 2.63. The number of sulfonamides is 1. The zero-order valence-electron chi connectivity index (χ0n) is 13.0. The van der Waals surface area contributed by atoms with Crippen LogP contribution in [0.2, 0.25) is 0 Å². The summed E-state index contributed by atoms with van der Waals surface area (Å²) in [5.41, 5.74) is 0.932. The van der Waals surface area contributed by atoms with Gasteiger partial charge in [-0.15, -0.1) is 0 Å². The van der Waals surface area contributed by atoms with E-state index in [1.807, 2.05) is 0 Å². The summed E-state index contributed by atoms with van der Waals surface area (Å²) in [6.07, 6.45) is 3.21. The molecule has 0 spiro atoms. The van der Waals surface area contributed by atoms with Crippen LogP contribution >= 0.6 is 0 Å². The fourth-order valence-corrected chi connectivity index (χ4v) is 4.10. The molecule has 0 aromatic heterocycles. The molecule has 2 N–H and O–H groups in total. The van der Waals surface area contributed by atoms with Crippen molar-refractivity contribution >= 4 is 21.9 Å². The minimum absolute atomic E-state index is 0.217. The maximum Gasteiger partial charge on any atom is 0.243 e. The summed E-state index contributed by atoms with van der Waals surface area (Å²) in [5.74, 6) is -0.458. The van der Waals surface area contributed by atoms with E-state index in [2.05, 4.69) is 4.99 Å². The number of rotatable bonds is 4. The van der Waals surface area contributed by atoms with Gasteiger partial charge in [-0.3, -0.25) is 4.99 Å². The maximum absolute atomic E-state index is 12.4. The number of benzene rings is 2. The van der Waals surface area contributed by atoms with Crippen LogP contribution in [-0.4, -0.2) is 42.2 Å². The molecule has 1 aliphatic rings. The van der Waals surface area contributed by atoms with Gasteiger partial charge in [0.25, 0.3) is 0 Å². The third-order valence-electron chi connectivity index (χ3n) is 3.94. The summed E-state index contributed by atoms with van der Waals surface area (Å²) in [4.78, 5) is 4.45. The van der Waals surface area contributed by atoms with Crippen molar-refractivity contribution < 1.29 is 18.6 Å². The van der Waals surface area contributed by atoms with Crippen LogP contribution in [0.4, 0.5) is 5.69 Å². The average molecular weight is 346 g/mol. The average Bonchev–Trinajstić information content (AvgIpc) is 3.12. The first-order valence-electron chi connectivity index (χ1n) is 7.64. The predicted molar refractivity (Wildman–Crippen MR) is 91.5 cm³/mol. The Bertz CT molecular complexity index is 855. The normalized spacial score (nSPS) is 16.0. The lowest BCUT2D eigenvalue weighted by Gasteiger charge is -2.15. The molecule has 0 amide bonds. The van der Waals surface area contributed by atoms with Crippen LogP contribution in [0.25, 0.3) is 0 Å². The molecule has 0 atom stereocenters. The largest absolute Gasteiger partial charge is 0.504 e. The molecule has 6 nitrogen and oxygen atoms in total. The van der Waals surface area contributed by atoms with E-state index >= 15 is 0 Å². The number of aliphatic imine (C=N–C) groups is 1. The van der Waals surface area contributed by atoms with Crippen LogP contribution in [0.15, 0.2) is 52.4 Å². The summed E-state index contributed by atoms with van der Waals surface area (Å²) in [6.45, 7) is 1.14. The van der Waals surface area contributed by atoms with Gasteiger partial charge >= 0.3 is 0 Å². The summed E-state index contributed by atoms with van der Waals surface area (Å²) < 4.78 is 26.4. The Morgan fingerprint density at radius 1 is 1.00 bits per heavy atom. The van der Waals surface area contributed by atoms with Gasteiger partial charge in [0, 0.05) is 24.9 Å². The quantitative estimate of drug-likeness (QED) is 0.658. The highest BCUT2D eigenvalue weighted by molar-refractivity contribution is 7.89. The van der Waals surface area contributed by atoms with Gasteiger partial charge in [-0.05, 0) is 49.2 Å². The zero-order valence-corrected chi connectivity index (χ0v) is 13.8. The Morgan fingerprint density at radius 2 is 1.67 bits per heavy atom. The molecular formula is C17H18N2O4S. The van der Waals surface area contributed by atoms with Crippen LogP contribution in [-0.2, 0) is 10.0 Å². The molecule has 7 heteroatoms. The minimum atomic E-state index is -3.43. The molecule has 126 valence electrons. The molecule has 0 radical (unpaired) electrons. The van der Waals surface area contributed by atoms with Crippen molar-refractivity contribution in [2.75, 3.05) is 13.1 Å². The Hall–Kier alpha value is -2.38. The maximum atomic E-state index is 12.4. The van der Waals surface area contributed by atoms with Gasteiger partial charge < -0.3 is 10.2 Å². The van der Waals surface area contributed by atoms with E-state index in [1.165, 1.54) is 28.7 Å². The topological polar surface area (TPSA) is 90.2 Å². The Morgan fingerprint density at radius 3 is 2.33 bits per heavy atom. The standard InChI is InChI=1S/C17H18N2O4S/c20-16-5-3-4-13(17(16)21)12-18-14-6-8-15(9-7-14)24(22,23)19-10-1-2-11-19/h3-9,12,20-21H,1-2,10-11H2. The Balaban J connectivity index is 1.80. The highest BCUT2D eigenvalue weighted by atomic mass is 32.2. The second-order valence-electron chi connectivity index (χ2n) is 5.58. The Labute approximate surface area is 140 Å². The van der Waals surface area contributed by atoms with Gasteiger partial charge in [0.05, 0.1) is 10.6 Å². The Kier molecular flexibility index (Phi) is 4.55. The minimum Gasteiger partial charge on any atom is -0.504 e. The fourth-order valence-electron chi connectivity index (χ4n) is 2.58. The van der Waals surface area contributed by atoms with Gasteiger partial charge in [0.1, 0.15) is 0 Å². The fraction of sp³-hybridized carbons (Fsp3) is 0.235. The van der Waals surface area contributed by atoms with Crippen molar-refractivity contribution in [1.82, 2.24) is 4.31 Å². The molecule has 2 aromatic carbocycles. The van der Waals surface area contributed by atoms with E-state index in [0.29, 0.717) is 24.3 Å². The molecule has 1 saturated heterocycles. The highest BCUT2D eigenvalue weighted by Crippen LogP contribution is 2.28. The zero-order chi connectivity index (χ0) is 17.2. The van der Waals surface area contributed by atoms with Gasteiger partial charge in [-0.25, -0.2) is 8.42 Å². The lowest BCUT2D eigenvalue weighted by atomic mass is 10.2. The molecule has 1 fully saturated rings. The number of hydrogen-bond acceptors (Lipinski definition) is 5. The number of nitrogens with zero attached hydrogens (tertiary/aromatic N) is 2. The molecule has 2 aromatic rings. The number of phenolic OH excluding ortho intramolecular Hbond substituents is 2. The van der Waals surface area contributed by atoms with Crippen LogP contribution < -0.4 is 0 Å². The van der Waals surface area contributed by atoms with Crippen molar-refractivity contribution in [1.29, 1.82) is 0 Å². The molecule has 0 bridgehead atoms. The van der Waals surface area contributed by atoms with E-state index in [9.17, 15) is 18.6 Å². The first-order valence-corrected chi connectivity index (χ1v) is 9.08. The molecule has 0 aliphatic carbocycles. The van der Waals surface area contributed by atoms with Crippen molar-refractivity contribution in [2.24, 2.45) is 4.99 Å². The van der Waals surface area contributed by atoms with Crippen molar-refractivity contribution in [3.05, 3.63) is 48.0 Å². The van der Waals surface area contributed by atoms with Crippen molar-refractivity contribution in [3.8, 4) is 11.5 Å². The van der Waals surface area contributed by atoms with E-state index in [1.54, 1.807) is 24.3 Å². The molecule has 3 rings (SSSR count). The van der Waals surface area contributed by atoms with E-state index in [-0.39, 0.29) is 16.4 Å². The monoisotopic (exact) mass is 346 g/mol. The second-order valence-corrected chi connectivity index (χ2v) is 7.52. The van der Waals surface area contributed by atoms with Gasteiger partial charge in [-0.2, -0.15) is 4.31 Å². The molecule has 1 aliphatic heterocycles. The summed E-state index contributed by atoms with van der Waals surface area (Å²) in [5, 5.41) is 19.2. The van der Waals surface area contributed by atoms with Crippen LogP contribution in [0.1, 0.15) is 18.4 Å². The summed E-state index contributed by atoms with van der Waals surface area (Å²) in [7, 11) is -3.43. The molecular weight excluding hydrogens is 328 g/mol. The molecule has 24 heavy (non-hydrogen) atoms. The number of para-hydroxylation sites is 1. The first kappa shape index (κ1) is 16.5. The van der Waals surface area contributed by atoms with E-state index in [0.717, 1.165) is 12.8 Å². The van der Waals surface area contributed by atoms with Gasteiger partial charge in [0.2, 0.25) is 10.0 Å². The highest BCUT2D eigenvalue weighted by Gasteiger charge is 2.26.